The van der Waals surface area contributed by atoms with Crippen molar-refractivity contribution in [3.63, 3.8) is 0 Å². The van der Waals surface area contributed by atoms with E-state index in [9.17, 15) is 9.18 Å². The molecule has 0 fully saturated rings. The molecule has 0 saturated carbocycles. The number of hydrogen-bond donors (Lipinski definition) is 1. The van der Waals surface area contributed by atoms with Gasteiger partial charge in [0.2, 0.25) is 0 Å². The van der Waals surface area contributed by atoms with Crippen molar-refractivity contribution in [2.45, 2.75) is 6.92 Å². The van der Waals surface area contributed by atoms with Crippen molar-refractivity contribution in [1.29, 1.82) is 0 Å². The molecule has 0 radical (unpaired) electrons. The smallest absolute Gasteiger partial charge is 0.255 e. The molecule has 4 aromatic rings. The second-order valence-corrected chi connectivity index (χ2v) is 7.85. The summed E-state index contributed by atoms with van der Waals surface area (Å²) < 4.78 is 16.3. The number of nitrogens with zero attached hydrogens (tertiary/aromatic N) is 4. The molecule has 31 heavy (non-hydrogen) atoms. The third-order valence-electron chi connectivity index (χ3n) is 6.06. The molecule has 0 atom stereocenters. The number of benzene rings is 1. The monoisotopic (exact) mass is 409 g/mol. The summed E-state index contributed by atoms with van der Waals surface area (Å²) in [6, 6.07) is 5.61. The Morgan fingerprint density at radius 2 is 1.71 bits per heavy atom. The minimum Gasteiger partial charge on any atom is -0.330 e. The quantitative estimate of drug-likeness (QED) is 0.362. The molecule has 1 N–H and O–H groups in total. The van der Waals surface area contributed by atoms with E-state index in [0.717, 1.165) is 22.6 Å². The summed E-state index contributed by atoms with van der Waals surface area (Å²) in [5.41, 5.74) is 5.11. The normalized spacial score (nSPS) is 11.1. The van der Waals surface area contributed by atoms with Gasteiger partial charge in [-0.3, -0.25) is 4.79 Å². The number of carbonyl (C=O) groups is 1. The average molecular weight is 409 g/mol. The van der Waals surface area contributed by atoms with Gasteiger partial charge >= 0.3 is 0 Å². The molecular formula is C20H20B4FN5O. The summed E-state index contributed by atoms with van der Waals surface area (Å²) >= 11 is 0. The van der Waals surface area contributed by atoms with Crippen LogP contribution < -0.4 is 27.2 Å². The van der Waals surface area contributed by atoms with E-state index in [2.05, 4.69) is 15.3 Å². The molecule has 0 spiro atoms. The Bertz CT molecular complexity index is 1340. The lowest BCUT2D eigenvalue weighted by molar-refractivity contribution is 0.102. The predicted octanol–water partition coefficient (Wildman–Crippen LogP) is -3.24. The highest BCUT2D eigenvalue weighted by molar-refractivity contribution is 6.59. The maximum Gasteiger partial charge on any atom is 0.255 e. The highest BCUT2D eigenvalue weighted by atomic mass is 19.1. The lowest BCUT2D eigenvalue weighted by Crippen LogP contribution is -2.49. The minimum absolute atomic E-state index is 0.266. The zero-order chi connectivity index (χ0) is 22.4. The first kappa shape index (κ1) is 20.9. The summed E-state index contributed by atoms with van der Waals surface area (Å²) in [5, 5.41) is 3.71. The predicted molar refractivity (Wildman–Crippen MR) is 134 cm³/mol. The maximum atomic E-state index is 14.3. The molecule has 0 aliphatic carbocycles. The Kier molecular flexibility index (Phi) is 5.21. The molecule has 0 unspecified atom stereocenters. The minimum atomic E-state index is -0.313. The second-order valence-electron chi connectivity index (χ2n) is 7.85. The van der Waals surface area contributed by atoms with E-state index < -0.39 is 0 Å². The Hall–Kier alpha value is -3.35. The number of halogens is 1. The summed E-state index contributed by atoms with van der Waals surface area (Å²) in [7, 11) is 8.84. The zero-order valence-electron chi connectivity index (χ0n) is 18.5. The molecule has 0 bridgehead atoms. The van der Waals surface area contributed by atoms with Crippen LogP contribution in [0.1, 0.15) is 16.2 Å². The lowest BCUT2D eigenvalue weighted by atomic mass is 9.66. The number of imidazole rings is 1. The molecule has 0 aliphatic rings. The van der Waals surface area contributed by atoms with E-state index in [1.54, 1.807) is 49.8 Å². The van der Waals surface area contributed by atoms with Crippen LogP contribution in [0.3, 0.4) is 0 Å². The van der Waals surface area contributed by atoms with Gasteiger partial charge in [0.25, 0.3) is 5.91 Å². The number of amides is 1. The highest BCUT2D eigenvalue weighted by Crippen LogP contribution is 2.22. The first-order valence-electron chi connectivity index (χ1n) is 10.0. The van der Waals surface area contributed by atoms with Crippen molar-refractivity contribution in [3.05, 3.63) is 47.8 Å². The van der Waals surface area contributed by atoms with E-state index in [1.807, 2.05) is 30.7 Å². The number of aryl methyl sites for hydroxylation is 1. The van der Waals surface area contributed by atoms with Gasteiger partial charge in [-0.2, -0.15) is 0 Å². The number of rotatable bonds is 3. The molecule has 3 aromatic heterocycles. The largest absolute Gasteiger partial charge is 0.330 e. The van der Waals surface area contributed by atoms with Crippen molar-refractivity contribution in [3.8, 4) is 11.4 Å². The first-order chi connectivity index (χ1) is 14.7. The molecule has 1 amide bonds. The van der Waals surface area contributed by atoms with Gasteiger partial charge in [0.15, 0.2) is 0 Å². The van der Waals surface area contributed by atoms with Gasteiger partial charge in [-0.1, -0.05) is 21.9 Å². The number of nitrogens with one attached hydrogen (secondary N) is 1. The topological polar surface area (TPSA) is 72.7 Å². The van der Waals surface area contributed by atoms with Gasteiger partial charge in [0.05, 0.1) is 23.1 Å². The molecule has 0 saturated heterocycles. The number of aromatic nitrogens is 4. The van der Waals surface area contributed by atoms with Gasteiger partial charge < -0.3 is 9.88 Å². The Morgan fingerprint density at radius 3 is 2.32 bits per heavy atom. The SMILES string of the molecule is Bc1c(B)c(C(=O)Nc2cc3nc(-c4cnc(C)n4C)ccc3cn2)c(B)c(B)c1F. The van der Waals surface area contributed by atoms with Crippen LogP contribution in [0.5, 0.6) is 0 Å². The molecule has 150 valence electrons. The number of hydrogen-bond acceptors (Lipinski definition) is 4. The Balaban J connectivity index is 1.71. The van der Waals surface area contributed by atoms with Crippen molar-refractivity contribution >= 4 is 75.9 Å². The van der Waals surface area contributed by atoms with Crippen LogP contribution in [-0.2, 0) is 7.05 Å². The van der Waals surface area contributed by atoms with E-state index >= 15 is 0 Å². The van der Waals surface area contributed by atoms with Gasteiger partial charge in [-0.25, -0.2) is 19.3 Å². The molecular weight excluding hydrogens is 389 g/mol. The van der Waals surface area contributed by atoms with Crippen LogP contribution in [0.4, 0.5) is 10.2 Å². The Morgan fingerprint density at radius 1 is 1.03 bits per heavy atom. The van der Waals surface area contributed by atoms with Crippen LogP contribution in [0.25, 0.3) is 22.3 Å². The van der Waals surface area contributed by atoms with Gasteiger partial charge in [-0.15, -0.1) is 0 Å². The molecule has 4 rings (SSSR count). The van der Waals surface area contributed by atoms with Crippen LogP contribution in [0.15, 0.2) is 30.6 Å². The fourth-order valence-electron chi connectivity index (χ4n) is 3.75. The Labute approximate surface area is 183 Å². The zero-order valence-corrected chi connectivity index (χ0v) is 18.5. The summed E-state index contributed by atoms with van der Waals surface area (Å²) in [5.74, 6) is 0.709. The van der Waals surface area contributed by atoms with E-state index in [0.29, 0.717) is 38.7 Å². The fraction of sp³-hybridized carbons (Fsp3) is 0.100. The summed E-state index contributed by atoms with van der Waals surface area (Å²) in [6.07, 6.45) is 3.47. The van der Waals surface area contributed by atoms with Crippen molar-refractivity contribution in [2.75, 3.05) is 5.32 Å². The molecule has 0 aliphatic heterocycles. The average Bonchev–Trinajstić information content (AvgIpc) is 3.09. The van der Waals surface area contributed by atoms with E-state index in [1.165, 1.54) is 0 Å². The standard InChI is InChI=1S/C20H20B4FN5O/c1-8-26-7-12(30(8)2)10-4-3-9-6-27-13(5-11(9)28-10)29-20(31)14-15(21)17(23)19(25)18(24)16(14)22/h3-7H,21-24H2,1-2H3,(H,27,29,31). The molecule has 11 heteroatoms. The third kappa shape index (κ3) is 3.54. The third-order valence-corrected chi connectivity index (χ3v) is 6.06. The van der Waals surface area contributed by atoms with Crippen LogP contribution >= 0.6 is 0 Å². The molecule has 3 heterocycles. The molecule has 1 aromatic carbocycles. The van der Waals surface area contributed by atoms with Crippen LogP contribution in [-0.4, -0.2) is 56.8 Å². The lowest BCUT2D eigenvalue weighted by Gasteiger charge is -2.17. The molecule has 6 nitrogen and oxygen atoms in total. The van der Waals surface area contributed by atoms with Gasteiger partial charge in [-0.05, 0) is 19.1 Å². The highest BCUT2D eigenvalue weighted by Gasteiger charge is 2.19. The van der Waals surface area contributed by atoms with Crippen LogP contribution in [0.2, 0.25) is 0 Å². The number of pyridine rings is 2. The first-order valence-corrected chi connectivity index (χ1v) is 10.0. The van der Waals surface area contributed by atoms with Gasteiger partial charge in [0, 0.05) is 30.3 Å². The summed E-state index contributed by atoms with van der Waals surface area (Å²) in [6.45, 7) is 1.94. The van der Waals surface area contributed by atoms with Crippen LogP contribution in [0, 0.1) is 12.7 Å². The number of fused-ring (bicyclic) bond motifs is 1. The van der Waals surface area contributed by atoms with Crippen molar-refractivity contribution in [2.24, 2.45) is 7.05 Å². The van der Waals surface area contributed by atoms with E-state index in [-0.39, 0.29) is 11.7 Å². The fourth-order valence-corrected chi connectivity index (χ4v) is 3.75. The second kappa shape index (κ2) is 7.72. The number of anilines is 1. The number of carbonyl (C=O) groups excluding carboxylic acids is 1. The van der Waals surface area contributed by atoms with Crippen molar-refractivity contribution in [1.82, 2.24) is 19.5 Å². The van der Waals surface area contributed by atoms with E-state index in [4.69, 9.17) is 4.98 Å². The van der Waals surface area contributed by atoms with Gasteiger partial charge in [0.1, 0.15) is 48.8 Å². The maximum absolute atomic E-state index is 14.3. The van der Waals surface area contributed by atoms with Crippen molar-refractivity contribution < 1.29 is 9.18 Å². The summed E-state index contributed by atoms with van der Waals surface area (Å²) in [4.78, 5) is 26.5.